The first-order chi connectivity index (χ1) is 9.93. The SMILES string of the molecule is Cc1cc(C)c(CC(NN)c2cccc(C)c2Cl)c(C)c1. The standard InChI is InChI=1S/C18H23ClN2/c1-11-8-13(3)16(14(4)9-11)10-17(21-20)15-7-5-6-12(2)18(15)19/h5-9,17,21H,10,20H2,1-4H3. The van der Waals surface area contributed by atoms with Crippen LogP contribution in [0.1, 0.15) is 39.4 Å². The molecule has 1 atom stereocenters. The van der Waals surface area contributed by atoms with E-state index in [4.69, 9.17) is 17.4 Å². The molecule has 0 saturated heterocycles. The molecule has 0 aromatic heterocycles. The Morgan fingerprint density at radius 3 is 2.24 bits per heavy atom. The van der Waals surface area contributed by atoms with Crippen LogP contribution in [0.4, 0.5) is 0 Å². The molecule has 0 fully saturated rings. The first-order valence-corrected chi connectivity index (χ1v) is 7.59. The van der Waals surface area contributed by atoms with Gasteiger partial charge in [0.2, 0.25) is 0 Å². The van der Waals surface area contributed by atoms with Crippen molar-refractivity contribution in [3.8, 4) is 0 Å². The number of hydrazine groups is 1. The summed E-state index contributed by atoms with van der Waals surface area (Å²) in [7, 11) is 0. The second kappa shape index (κ2) is 6.61. The number of nitrogens with one attached hydrogen (secondary N) is 1. The molecule has 2 rings (SSSR count). The Kier molecular flexibility index (Phi) is 5.04. The molecule has 1 unspecified atom stereocenters. The Balaban J connectivity index is 2.38. The fourth-order valence-electron chi connectivity index (χ4n) is 2.93. The lowest BCUT2D eigenvalue weighted by molar-refractivity contribution is 0.549. The van der Waals surface area contributed by atoms with Gasteiger partial charge in [0, 0.05) is 5.02 Å². The lowest BCUT2D eigenvalue weighted by Gasteiger charge is -2.21. The summed E-state index contributed by atoms with van der Waals surface area (Å²) in [6, 6.07) is 10.5. The van der Waals surface area contributed by atoms with Crippen LogP contribution < -0.4 is 11.3 Å². The summed E-state index contributed by atoms with van der Waals surface area (Å²) < 4.78 is 0. The van der Waals surface area contributed by atoms with E-state index in [0.717, 1.165) is 22.6 Å². The van der Waals surface area contributed by atoms with Gasteiger partial charge in [0.1, 0.15) is 0 Å². The Hall–Kier alpha value is -1.35. The topological polar surface area (TPSA) is 38.0 Å². The van der Waals surface area contributed by atoms with Gasteiger partial charge in [-0.15, -0.1) is 0 Å². The molecule has 0 amide bonds. The highest BCUT2D eigenvalue weighted by molar-refractivity contribution is 6.32. The molecule has 0 aliphatic heterocycles. The highest BCUT2D eigenvalue weighted by atomic mass is 35.5. The summed E-state index contributed by atoms with van der Waals surface area (Å²) in [6.45, 7) is 8.45. The van der Waals surface area contributed by atoms with Gasteiger partial charge in [-0.1, -0.05) is 47.5 Å². The number of benzene rings is 2. The lowest BCUT2D eigenvalue weighted by atomic mass is 9.91. The Labute approximate surface area is 132 Å². The molecule has 0 heterocycles. The van der Waals surface area contributed by atoms with Gasteiger partial charge in [0.15, 0.2) is 0 Å². The van der Waals surface area contributed by atoms with E-state index in [1.165, 1.54) is 22.3 Å². The van der Waals surface area contributed by atoms with E-state index in [1.54, 1.807) is 0 Å². The van der Waals surface area contributed by atoms with E-state index in [0.29, 0.717) is 0 Å². The molecule has 0 saturated carbocycles. The highest BCUT2D eigenvalue weighted by Gasteiger charge is 2.17. The molecular formula is C18H23ClN2. The van der Waals surface area contributed by atoms with Gasteiger partial charge in [-0.05, 0) is 61.9 Å². The van der Waals surface area contributed by atoms with Gasteiger partial charge in [-0.25, -0.2) is 0 Å². The molecule has 112 valence electrons. The summed E-state index contributed by atoms with van der Waals surface area (Å²) in [5.41, 5.74) is 10.3. The van der Waals surface area contributed by atoms with Crippen LogP contribution in [-0.4, -0.2) is 0 Å². The summed E-state index contributed by atoms with van der Waals surface area (Å²) in [5, 5.41) is 0.794. The molecule has 0 radical (unpaired) electrons. The monoisotopic (exact) mass is 302 g/mol. The smallest absolute Gasteiger partial charge is 0.0515 e. The minimum Gasteiger partial charge on any atom is -0.271 e. The van der Waals surface area contributed by atoms with Crippen molar-refractivity contribution in [3.63, 3.8) is 0 Å². The number of hydrogen-bond acceptors (Lipinski definition) is 2. The van der Waals surface area contributed by atoms with Crippen molar-refractivity contribution in [1.29, 1.82) is 0 Å². The molecule has 21 heavy (non-hydrogen) atoms. The molecule has 0 aliphatic carbocycles. The van der Waals surface area contributed by atoms with E-state index >= 15 is 0 Å². The predicted molar refractivity (Wildman–Crippen MR) is 90.6 cm³/mol. The summed E-state index contributed by atoms with van der Waals surface area (Å²) in [4.78, 5) is 0. The fraction of sp³-hybridized carbons (Fsp3) is 0.333. The normalized spacial score (nSPS) is 12.5. The molecule has 2 aromatic rings. The molecule has 0 aliphatic rings. The van der Waals surface area contributed by atoms with Crippen molar-refractivity contribution in [1.82, 2.24) is 5.43 Å². The minimum absolute atomic E-state index is 0.0116. The van der Waals surface area contributed by atoms with Crippen molar-refractivity contribution in [2.24, 2.45) is 5.84 Å². The zero-order valence-electron chi connectivity index (χ0n) is 13.1. The predicted octanol–water partition coefficient (Wildman–Crippen LogP) is 4.32. The Morgan fingerprint density at radius 1 is 1.05 bits per heavy atom. The lowest BCUT2D eigenvalue weighted by Crippen LogP contribution is -2.30. The molecular weight excluding hydrogens is 280 g/mol. The van der Waals surface area contributed by atoms with Crippen LogP contribution in [0.15, 0.2) is 30.3 Å². The van der Waals surface area contributed by atoms with Crippen LogP contribution in [0.2, 0.25) is 5.02 Å². The number of nitrogens with two attached hydrogens (primary N) is 1. The summed E-state index contributed by atoms with van der Waals surface area (Å²) >= 11 is 6.44. The first kappa shape index (κ1) is 16.0. The second-order valence-corrected chi connectivity index (χ2v) is 6.16. The minimum atomic E-state index is 0.0116. The Bertz CT molecular complexity index is 627. The average Bonchev–Trinajstić information content (AvgIpc) is 2.42. The Morgan fingerprint density at radius 2 is 1.67 bits per heavy atom. The average molecular weight is 303 g/mol. The van der Waals surface area contributed by atoms with Crippen LogP contribution in [0.25, 0.3) is 0 Å². The van der Waals surface area contributed by atoms with Crippen LogP contribution in [0.3, 0.4) is 0 Å². The third-order valence-electron chi connectivity index (χ3n) is 4.05. The maximum atomic E-state index is 6.44. The quantitative estimate of drug-likeness (QED) is 0.652. The maximum Gasteiger partial charge on any atom is 0.0515 e. The second-order valence-electron chi connectivity index (χ2n) is 5.78. The van der Waals surface area contributed by atoms with Crippen LogP contribution in [-0.2, 0) is 6.42 Å². The van der Waals surface area contributed by atoms with Gasteiger partial charge >= 0.3 is 0 Å². The van der Waals surface area contributed by atoms with E-state index in [9.17, 15) is 0 Å². The largest absolute Gasteiger partial charge is 0.271 e. The molecule has 0 bridgehead atoms. The molecule has 2 aromatic carbocycles. The van der Waals surface area contributed by atoms with E-state index < -0.39 is 0 Å². The summed E-state index contributed by atoms with van der Waals surface area (Å²) in [6.07, 6.45) is 0.831. The van der Waals surface area contributed by atoms with Gasteiger partial charge in [-0.3, -0.25) is 11.3 Å². The zero-order valence-corrected chi connectivity index (χ0v) is 13.9. The van der Waals surface area contributed by atoms with E-state index in [2.05, 4.69) is 38.3 Å². The highest BCUT2D eigenvalue weighted by Crippen LogP contribution is 2.29. The van der Waals surface area contributed by atoms with Crippen LogP contribution >= 0.6 is 11.6 Å². The first-order valence-electron chi connectivity index (χ1n) is 7.22. The zero-order chi connectivity index (χ0) is 15.6. The molecule has 2 nitrogen and oxygen atoms in total. The van der Waals surface area contributed by atoms with Crippen molar-refractivity contribution < 1.29 is 0 Å². The van der Waals surface area contributed by atoms with Crippen molar-refractivity contribution in [3.05, 3.63) is 68.7 Å². The number of rotatable bonds is 4. The third-order valence-corrected chi connectivity index (χ3v) is 4.56. The third kappa shape index (κ3) is 3.46. The molecule has 3 heteroatoms. The van der Waals surface area contributed by atoms with Gasteiger partial charge in [0.25, 0.3) is 0 Å². The number of halogens is 1. The molecule has 3 N–H and O–H groups in total. The van der Waals surface area contributed by atoms with Crippen LogP contribution in [0, 0.1) is 27.7 Å². The van der Waals surface area contributed by atoms with Crippen molar-refractivity contribution >= 4 is 11.6 Å². The van der Waals surface area contributed by atoms with Gasteiger partial charge in [0.05, 0.1) is 6.04 Å². The van der Waals surface area contributed by atoms with Crippen molar-refractivity contribution in [2.45, 2.75) is 40.2 Å². The number of aryl methyl sites for hydroxylation is 4. The van der Waals surface area contributed by atoms with Gasteiger partial charge in [-0.2, -0.15) is 0 Å². The van der Waals surface area contributed by atoms with Crippen LogP contribution in [0.5, 0.6) is 0 Å². The molecule has 0 spiro atoms. The number of hydrogen-bond donors (Lipinski definition) is 2. The van der Waals surface area contributed by atoms with Crippen molar-refractivity contribution in [2.75, 3.05) is 0 Å². The van der Waals surface area contributed by atoms with E-state index in [-0.39, 0.29) is 6.04 Å². The maximum absolute atomic E-state index is 6.44. The van der Waals surface area contributed by atoms with E-state index in [1.807, 2.05) is 25.1 Å². The fourth-order valence-corrected chi connectivity index (χ4v) is 3.19. The summed E-state index contributed by atoms with van der Waals surface area (Å²) in [5.74, 6) is 5.79. The van der Waals surface area contributed by atoms with Gasteiger partial charge < -0.3 is 0 Å².